The van der Waals surface area contributed by atoms with Crippen LogP contribution in [0, 0.1) is 5.92 Å². The molecule has 1 heterocycles. The molecule has 0 amide bonds. The molecule has 0 atom stereocenters. The lowest BCUT2D eigenvalue weighted by atomic mass is 10.1. The molecule has 3 nitrogen and oxygen atoms in total. The standard InChI is InChI=1S/C12H19NO2S/c1-9(2)8-16(14,15)11-5-6-12(10(3)4)13-7-11/h5-7,9-10H,8H2,1-4H3. The Morgan fingerprint density at radius 2 is 1.81 bits per heavy atom. The molecule has 0 spiro atoms. The molecule has 0 bridgehead atoms. The van der Waals surface area contributed by atoms with Crippen molar-refractivity contribution in [2.45, 2.75) is 38.5 Å². The lowest BCUT2D eigenvalue weighted by Gasteiger charge is -2.08. The van der Waals surface area contributed by atoms with E-state index < -0.39 is 9.84 Å². The molecule has 0 saturated carbocycles. The summed E-state index contributed by atoms with van der Waals surface area (Å²) in [5.74, 6) is 0.632. The average Bonchev–Trinajstić information content (AvgIpc) is 2.16. The quantitative estimate of drug-likeness (QED) is 0.814. The maximum atomic E-state index is 11.9. The van der Waals surface area contributed by atoms with Crippen LogP contribution in [0.5, 0.6) is 0 Å². The summed E-state index contributed by atoms with van der Waals surface area (Å²) < 4.78 is 23.8. The second kappa shape index (κ2) is 4.95. The predicted octanol–water partition coefficient (Wildman–Crippen LogP) is 2.63. The smallest absolute Gasteiger partial charge is 0.180 e. The number of aromatic nitrogens is 1. The summed E-state index contributed by atoms with van der Waals surface area (Å²) in [6, 6.07) is 3.44. The number of sulfone groups is 1. The van der Waals surface area contributed by atoms with E-state index in [4.69, 9.17) is 0 Å². The molecule has 0 aliphatic carbocycles. The van der Waals surface area contributed by atoms with Gasteiger partial charge in [-0.15, -0.1) is 0 Å². The van der Waals surface area contributed by atoms with Crippen molar-refractivity contribution in [2.75, 3.05) is 5.75 Å². The lowest BCUT2D eigenvalue weighted by molar-refractivity contribution is 0.581. The highest BCUT2D eigenvalue weighted by Gasteiger charge is 2.16. The van der Waals surface area contributed by atoms with Gasteiger partial charge in [0.2, 0.25) is 0 Å². The van der Waals surface area contributed by atoms with Crippen LogP contribution >= 0.6 is 0 Å². The Labute approximate surface area is 97.8 Å². The van der Waals surface area contributed by atoms with E-state index in [9.17, 15) is 8.42 Å². The zero-order valence-electron chi connectivity index (χ0n) is 10.3. The second-order valence-electron chi connectivity index (χ2n) is 4.75. The normalized spacial score (nSPS) is 12.4. The first kappa shape index (κ1) is 13.2. The number of nitrogens with zero attached hydrogens (tertiary/aromatic N) is 1. The Kier molecular flexibility index (Phi) is 4.08. The molecule has 90 valence electrons. The Morgan fingerprint density at radius 3 is 2.19 bits per heavy atom. The van der Waals surface area contributed by atoms with Crippen LogP contribution in [0.2, 0.25) is 0 Å². The van der Waals surface area contributed by atoms with Crippen LogP contribution in [0.4, 0.5) is 0 Å². The topological polar surface area (TPSA) is 47.0 Å². The van der Waals surface area contributed by atoms with E-state index in [1.807, 2.05) is 27.7 Å². The first-order valence-electron chi connectivity index (χ1n) is 5.51. The minimum absolute atomic E-state index is 0.134. The van der Waals surface area contributed by atoms with Crippen molar-refractivity contribution in [1.82, 2.24) is 4.98 Å². The molecule has 1 aromatic heterocycles. The van der Waals surface area contributed by atoms with Crippen molar-refractivity contribution >= 4 is 9.84 Å². The van der Waals surface area contributed by atoms with Gasteiger partial charge in [-0.25, -0.2) is 8.42 Å². The molecule has 0 aromatic carbocycles. The number of pyridine rings is 1. The van der Waals surface area contributed by atoms with E-state index in [1.54, 1.807) is 12.1 Å². The first-order valence-corrected chi connectivity index (χ1v) is 7.17. The van der Waals surface area contributed by atoms with Crippen LogP contribution in [0.3, 0.4) is 0 Å². The predicted molar refractivity (Wildman–Crippen MR) is 65.2 cm³/mol. The fourth-order valence-electron chi connectivity index (χ4n) is 1.45. The third-order valence-electron chi connectivity index (χ3n) is 2.26. The molecule has 0 fully saturated rings. The fraction of sp³-hybridized carbons (Fsp3) is 0.583. The summed E-state index contributed by atoms with van der Waals surface area (Å²) in [5.41, 5.74) is 0.920. The zero-order valence-corrected chi connectivity index (χ0v) is 11.1. The van der Waals surface area contributed by atoms with Gasteiger partial charge in [-0.3, -0.25) is 4.98 Å². The fourth-order valence-corrected chi connectivity index (χ4v) is 3.01. The second-order valence-corrected chi connectivity index (χ2v) is 6.78. The lowest BCUT2D eigenvalue weighted by Crippen LogP contribution is -2.12. The molecule has 1 aromatic rings. The molecular weight excluding hydrogens is 222 g/mol. The van der Waals surface area contributed by atoms with Crippen molar-refractivity contribution < 1.29 is 8.42 Å². The van der Waals surface area contributed by atoms with E-state index >= 15 is 0 Å². The van der Waals surface area contributed by atoms with E-state index in [0.29, 0.717) is 10.8 Å². The Bertz CT molecular complexity index is 433. The van der Waals surface area contributed by atoms with E-state index in [0.717, 1.165) is 5.69 Å². The third-order valence-corrected chi connectivity index (χ3v) is 4.33. The van der Waals surface area contributed by atoms with Gasteiger partial charge in [-0.2, -0.15) is 0 Å². The van der Waals surface area contributed by atoms with Gasteiger partial charge >= 0.3 is 0 Å². The summed E-state index contributed by atoms with van der Waals surface area (Å²) in [7, 11) is -3.16. The molecule has 0 aliphatic heterocycles. The molecule has 0 unspecified atom stereocenters. The summed E-state index contributed by atoms with van der Waals surface area (Å²) >= 11 is 0. The van der Waals surface area contributed by atoms with Crippen LogP contribution < -0.4 is 0 Å². The third kappa shape index (κ3) is 3.30. The van der Waals surface area contributed by atoms with Crippen molar-refractivity contribution in [2.24, 2.45) is 5.92 Å². The Balaban J connectivity index is 2.98. The Hall–Kier alpha value is -0.900. The van der Waals surface area contributed by atoms with Gasteiger partial charge in [0.1, 0.15) is 0 Å². The van der Waals surface area contributed by atoms with Crippen LogP contribution in [-0.2, 0) is 9.84 Å². The minimum Gasteiger partial charge on any atom is -0.260 e. The highest BCUT2D eigenvalue weighted by Crippen LogP contribution is 2.16. The van der Waals surface area contributed by atoms with Gasteiger partial charge in [0.15, 0.2) is 9.84 Å². The summed E-state index contributed by atoms with van der Waals surface area (Å²) in [5, 5.41) is 0. The molecular formula is C12H19NO2S. The van der Waals surface area contributed by atoms with Crippen LogP contribution in [0.15, 0.2) is 23.2 Å². The van der Waals surface area contributed by atoms with E-state index in [2.05, 4.69) is 4.98 Å². The molecule has 4 heteroatoms. The highest BCUT2D eigenvalue weighted by atomic mass is 32.2. The highest BCUT2D eigenvalue weighted by molar-refractivity contribution is 7.91. The van der Waals surface area contributed by atoms with E-state index in [-0.39, 0.29) is 11.7 Å². The van der Waals surface area contributed by atoms with Crippen LogP contribution in [-0.4, -0.2) is 19.2 Å². The molecule has 1 rings (SSSR count). The summed E-state index contributed by atoms with van der Waals surface area (Å²) in [6.45, 7) is 7.86. The van der Waals surface area contributed by atoms with Crippen LogP contribution in [0.1, 0.15) is 39.3 Å². The molecule has 0 aliphatic rings. The van der Waals surface area contributed by atoms with Gasteiger partial charge in [0.05, 0.1) is 10.6 Å². The molecule has 16 heavy (non-hydrogen) atoms. The zero-order chi connectivity index (χ0) is 12.3. The van der Waals surface area contributed by atoms with Gasteiger partial charge < -0.3 is 0 Å². The molecule has 0 saturated heterocycles. The number of hydrogen-bond acceptors (Lipinski definition) is 3. The van der Waals surface area contributed by atoms with Gasteiger partial charge in [0, 0.05) is 11.9 Å². The summed E-state index contributed by atoms with van der Waals surface area (Å²) in [4.78, 5) is 4.50. The van der Waals surface area contributed by atoms with Crippen molar-refractivity contribution in [3.8, 4) is 0 Å². The average molecular weight is 241 g/mol. The molecule has 0 radical (unpaired) electrons. The number of rotatable bonds is 4. The van der Waals surface area contributed by atoms with Crippen molar-refractivity contribution in [3.63, 3.8) is 0 Å². The SMILES string of the molecule is CC(C)CS(=O)(=O)c1ccc(C(C)C)nc1. The van der Waals surface area contributed by atoms with Gasteiger partial charge in [0.25, 0.3) is 0 Å². The van der Waals surface area contributed by atoms with Crippen molar-refractivity contribution in [3.05, 3.63) is 24.0 Å². The van der Waals surface area contributed by atoms with Crippen molar-refractivity contribution in [1.29, 1.82) is 0 Å². The Morgan fingerprint density at radius 1 is 1.19 bits per heavy atom. The maximum absolute atomic E-state index is 11.9. The van der Waals surface area contributed by atoms with Gasteiger partial charge in [-0.1, -0.05) is 27.7 Å². The largest absolute Gasteiger partial charge is 0.260 e. The minimum atomic E-state index is -3.16. The molecule has 0 N–H and O–H groups in total. The monoisotopic (exact) mass is 241 g/mol. The number of hydrogen-bond donors (Lipinski definition) is 0. The van der Waals surface area contributed by atoms with E-state index in [1.165, 1.54) is 6.20 Å². The van der Waals surface area contributed by atoms with Gasteiger partial charge in [-0.05, 0) is 24.0 Å². The maximum Gasteiger partial charge on any atom is 0.180 e. The first-order chi connectivity index (χ1) is 7.33. The van der Waals surface area contributed by atoms with Crippen LogP contribution in [0.25, 0.3) is 0 Å². The summed E-state index contributed by atoms with van der Waals surface area (Å²) in [6.07, 6.45) is 1.47.